The molecule has 0 atom stereocenters. The predicted molar refractivity (Wildman–Crippen MR) is 132 cm³/mol. The van der Waals surface area contributed by atoms with Crippen LogP contribution in [0.2, 0.25) is 0 Å². The summed E-state index contributed by atoms with van der Waals surface area (Å²) in [5.74, 6) is 1.98. The van der Waals surface area contributed by atoms with Gasteiger partial charge in [0, 0.05) is 57.1 Å². The van der Waals surface area contributed by atoms with E-state index in [1.54, 1.807) is 0 Å². The standard InChI is InChI=1S/C27H31N5/c1-5-20(3)31-12-14-32(15-13-31)27-24-17-30(18-25(24)28-21(4)29-27)16-23-11-7-10-22-9-6-8-19(2)26(22)23/h5-11H,1,3,12-18H2,2,4H3. The molecule has 32 heavy (non-hydrogen) atoms. The zero-order valence-corrected chi connectivity index (χ0v) is 19.1. The molecule has 0 aliphatic carbocycles. The number of hydrogen-bond acceptors (Lipinski definition) is 5. The number of anilines is 1. The van der Waals surface area contributed by atoms with Gasteiger partial charge in [-0.05, 0) is 41.8 Å². The lowest BCUT2D eigenvalue weighted by Crippen LogP contribution is -2.46. The Hall–Kier alpha value is -3.18. The summed E-state index contributed by atoms with van der Waals surface area (Å²) in [6.07, 6.45) is 1.84. The Morgan fingerprint density at radius 2 is 1.75 bits per heavy atom. The third-order valence-electron chi connectivity index (χ3n) is 6.75. The molecule has 5 heteroatoms. The van der Waals surface area contributed by atoms with Crippen LogP contribution >= 0.6 is 0 Å². The topological polar surface area (TPSA) is 35.5 Å². The normalized spacial score (nSPS) is 16.4. The van der Waals surface area contributed by atoms with E-state index >= 15 is 0 Å². The van der Waals surface area contributed by atoms with Crippen molar-refractivity contribution in [3.05, 3.63) is 89.5 Å². The van der Waals surface area contributed by atoms with Crippen molar-refractivity contribution in [2.24, 2.45) is 0 Å². The summed E-state index contributed by atoms with van der Waals surface area (Å²) in [5, 5.41) is 2.70. The van der Waals surface area contributed by atoms with E-state index in [0.717, 1.165) is 63.2 Å². The van der Waals surface area contributed by atoms with E-state index in [-0.39, 0.29) is 0 Å². The van der Waals surface area contributed by atoms with E-state index in [2.05, 4.69) is 71.2 Å². The molecule has 1 aromatic heterocycles. The predicted octanol–water partition coefficient (Wildman–Crippen LogP) is 4.58. The molecule has 0 radical (unpaired) electrons. The van der Waals surface area contributed by atoms with Crippen LogP contribution in [0, 0.1) is 13.8 Å². The summed E-state index contributed by atoms with van der Waals surface area (Å²) < 4.78 is 0. The fraction of sp³-hybridized carbons (Fsp3) is 0.333. The summed E-state index contributed by atoms with van der Waals surface area (Å²) in [6.45, 7) is 18.6. The largest absolute Gasteiger partial charge is 0.368 e. The first-order valence-corrected chi connectivity index (χ1v) is 11.4. The number of hydrogen-bond donors (Lipinski definition) is 0. The molecule has 2 aliphatic rings. The Morgan fingerprint density at radius 3 is 2.50 bits per heavy atom. The van der Waals surface area contributed by atoms with Crippen LogP contribution in [-0.4, -0.2) is 45.9 Å². The molecule has 5 rings (SSSR count). The SMILES string of the molecule is C=CC(=C)N1CCN(c2nc(C)nc3c2CN(Cc2cccc4cccc(C)c24)C3)CC1. The highest BCUT2D eigenvalue weighted by Crippen LogP contribution is 2.32. The first-order chi connectivity index (χ1) is 15.5. The lowest BCUT2D eigenvalue weighted by atomic mass is 10.00. The van der Waals surface area contributed by atoms with Crippen molar-refractivity contribution in [3.63, 3.8) is 0 Å². The van der Waals surface area contributed by atoms with Gasteiger partial charge >= 0.3 is 0 Å². The van der Waals surface area contributed by atoms with Gasteiger partial charge in [0.15, 0.2) is 0 Å². The van der Waals surface area contributed by atoms with Gasteiger partial charge in [-0.1, -0.05) is 49.6 Å². The highest BCUT2D eigenvalue weighted by atomic mass is 15.3. The second kappa shape index (κ2) is 8.40. The molecule has 0 saturated carbocycles. The van der Waals surface area contributed by atoms with E-state index in [0.29, 0.717) is 0 Å². The van der Waals surface area contributed by atoms with Crippen molar-refractivity contribution in [2.45, 2.75) is 33.5 Å². The molecule has 0 spiro atoms. The van der Waals surface area contributed by atoms with E-state index in [4.69, 9.17) is 9.97 Å². The molecular weight excluding hydrogens is 394 g/mol. The quantitative estimate of drug-likeness (QED) is 0.559. The number of aromatic nitrogens is 2. The van der Waals surface area contributed by atoms with Crippen LogP contribution in [-0.2, 0) is 19.6 Å². The summed E-state index contributed by atoms with van der Waals surface area (Å²) in [5.41, 5.74) is 6.21. The van der Waals surface area contributed by atoms with Crippen molar-refractivity contribution in [3.8, 4) is 0 Å². The van der Waals surface area contributed by atoms with Gasteiger partial charge in [-0.3, -0.25) is 4.90 Å². The Kier molecular flexibility index (Phi) is 5.43. The fourth-order valence-electron chi connectivity index (χ4n) is 5.12. The van der Waals surface area contributed by atoms with Gasteiger partial charge < -0.3 is 9.80 Å². The molecule has 0 N–H and O–H groups in total. The summed E-state index contributed by atoms with van der Waals surface area (Å²) in [7, 11) is 0. The molecule has 3 heterocycles. The minimum absolute atomic E-state index is 0.861. The number of allylic oxidation sites excluding steroid dienone is 1. The molecule has 5 nitrogen and oxygen atoms in total. The number of benzene rings is 2. The van der Waals surface area contributed by atoms with Crippen molar-refractivity contribution in [2.75, 3.05) is 31.1 Å². The van der Waals surface area contributed by atoms with Gasteiger partial charge in [0.25, 0.3) is 0 Å². The average molecular weight is 426 g/mol. The van der Waals surface area contributed by atoms with Crippen LogP contribution in [0.15, 0.2) is 61.3 Å². The van der Waals surface area contributed by atoms with Crippen LogP contribution in [0.3, 0.4) is 0 Å². The monoisotopic (exact) mass is 425 g/mol. The lowest BCUT2D eigenvalue weighted by Gasteiger charge is -2.37. The Balaban J connectivity index is 1.38. The number of piperazine rings is 1. The second-order valence-corrected chi connectivity index (χ2v) is 8.92. The smallest absolute Gasteiger partial charge is 0.137 e. The van der Waals surface area contributed by atoms with Gasteiger partial charge in [-0.25, -0.2) is 9.97 Å². The summed E-state index contributed by atoms with van der Waals surface area (Å²) >= 11 is 0. The van der Waals surface area contributed by atoms with Gasteiger partial charge in [0.1, 0.15) is 11.6 Å². The first-order valence-electron chi connectivity index (χ1n) is 11.4. The minimum Gasteiger partial charge on any atom is -0.368 e. The molecule has 0 amide bonds. The third-order valence-corrected chi connectivity index (χ3v) is 6.75. The molecule has 0 unspecified atom stereocenters. The van der Waals surface area contributed by atoms with Crippen molar-refractivity contribution >= 4 is 16.6 Å². The van der Waals surface area contributed by atoms with Crippen LogP contribution in [0.1, 0.15) is 28.2 Å². The Bertz CT molecular complexity index is 1180. The van der Waals surface area contributed by atoms with Crippen LogP contribution < -0.4 is 4.90 Å². The van der Waals surface area contributed by atoms with Crippen molar-refractivity contribution in [1.29, 1.82) is 0 Å². The molecule has 0 bridgehead atoms. The van der Waals surface area contributed by atoms with E-state index in [1.165, 1.54) is 33.2 Å². The number of nitrogens with zero attached hydrogens (tertiary/aromatic N) is 5. The Labute approximate surface area is 190 Å². The van der Waals surface area contributed by atoms with E-state index < -0.39 is 0 Å². The third kappa shape index (κ3) is 3.78. The van der Waals surface area contributed by atoms with Crippen LogP contribution in [0.25, 0.3) is 10.8 Å². The lowest BCUT2D eigenvalue weighted by molar-refractivity contribution is 0.274. The highest BCUT2D eigenvalue weighted by Gasteiger charge is 2.29. The molecule has 1 fully saturated rings. The van der Waals surface area contributed by atoms with Gasteiger partial charge in [-0.2, -0.15) is 0 Å². The molecule has 2 aliphatic heterocycles. The van der Waals surface area contributed by atoms with E-state index in [1.807, 2.05) is 13.0 Å². The summed E-state index contributed by atoms with van der Waals surface area (Å²) in [4.78, 5) is 16.9. The number of rotatable bonds is 5. The van der Waals surface area contributed by atoms with Gasteiger partial charge in [-0.15, -0.1) is 0 Å². The fourth-order valence-corrected chi connectivity index (χ4v) is 5.12. The maximum atomic E-state index is 4.89. The number of aryl methyl sites for hydroxylation is 2. The molecular formula is C27H31N5. The molecule has 1 saturated heterocycles. The minimum atomic E-state index is 0.861. The van der Waals surface area contributed by atoms with Crippen LogP contribution in [0.5, 0.6) is 0 Å². The number of fused-ring (bicyclic) bond motifs is 2. The zero-order chi connectivity index (χ0) is 22.2. The summed E-state index contributed by atoms with van der Waals surface area (Å²) in [6, 6.07) is 13.2. The van der Waals surface area contributed by atoms with Gasteiger partial charge in [0.2, 0.25) is 0 Å². The zero-order valence-electron chi connectivity index (χ0n) is 19.1. The average Bonchev–Trinajstić information content (AvgIpc) is 3.20. The molecule has 2 aromatic carbocycles. The second-order valence-electron chi connectivity index (χ2n) is 8.92. The molecule has 164 valence electrons. The maximum Gasteiger partial charge on any atom is 0.137 e. The Morgan fingerprint density at radius 1 is 1.00 bits per heavy atom. The first kappa shape index (κ1) is 20.7. The maximum absolute atomic E-state index is 4.89. The van der Waals surface area contributed by atoms with Gasteiger partial charge in [0.05, 0.1) is 5.69 Å². The van der Waals surface area contributed by atoms with Crippen molar-refractivity contribution in [1.82, 2.24) is 19.8 Å². The molecule has 3 aromatic rings. The van der Waals surface area contributed by atoms with Crippen LogP contribution in [0.4, 0.5) is 5.82 Å². The highest BCUT2D eigenvalue weighted by molar-refractivity contribution is 5.88. The van der Waals surface area contributed by atoms with Crippen molar-refractivity contribution < 1.29 is 0 Å². The van der Waals surface area contributed by atoms with E-state index in [9.17, 15) is 0 Å².